The van der Waals surface area contributed by atoms with Crippen molar-refractivity contribution >= 4 is 46.2 Å². The van der Waals surface area contributed by atoms with Crippen LogP contribution in [0.5, 0.6) is 5.75 Å². The Morgan fingerprint density at radius 2 is 2.12 bits per heavy atom. The Bertz CT molecular complexity index is 700. The van der Waals surface area contributed by atoms with E-state index in [1.165, 1.54) is 17.0 Å². The average Bonchev–Trinajstić information content (AvgIpc) is 2.84. The molecule has 0 unspecified atom stereocenters. The number of nitrogens with one attached hydrogen (secondary N) is 1. The molecule has 1 N–H and O–H groups in total. The summed E-state index contributed by atoms with van der Waals surface area (Å²) in [5.74, 6) is -0.239. The minimum absolute atomic E-state index is 0.229. The fourth-order valence-electron chi connectivity index (χ4n) is 2.01. The van der Waals surface area contributed by atoms with Crippen molar-refractivity contribution in [1.29, 1.82) is 0 Å². The highest BCUT2D eigenvalue weighted by Gasteiger charge is 2.30. The van der Waals surface area contributed by atoms with E-state index < -0.39 is 22.6 Å². The number of hydrogen-bond donors (Lipinski definition) is 1. The topological polar surface area (TPSA) is 111 Å². The van der Waals surface area contributed by atoms with Crippen LogP contribution in [0.15, 0.2) is 12.1 Å². The molecule has 1 fully saturated rings. The lowest BCUT2D eigenvalue weighted by Crippen LogP contribution is -2.42. The number of nitrogens with zero attached hydrogens (tertiary/aromatic N) is 2. The average molecular weight is 449 g/mol. The maximum atomic E-state index is 11.9. The molecule has 10 heteroatoms. The van der Waals surface area contributed by atoms with Gasteiger partial charge in [-0.2, -0.15) is 0 Å². The molecule has 0 saturated carbocycles. The summed E-state index contributed by atoms with van der Waals surface area (Å²) in [7, 11) is 0. The lowest BCUT2D eigenvalue weighted by molar-refractivity contribution is -0.385. The molecule has 0 aliphatic carbocycles. The number of halogens is 1. The summed E-state index contributed by atoms with van der Waals surface area (Å²) >= 11 is 1.88. The van der Waals surface area contributed by atoms with Crippen molar-refractivity contribution < 1.29 is 24.0 Å². The summed E-state index contributed by atoms with van der Waals surface area (Å²) in [6.07, 6.45) is -1.37. The Morgan fingerprint density at radius 3 is 2.62 bits per heavy atom. The number of anilines is 1. The summed E-state index contributed by atoms with van der Waals surface area (Å²) in [5, 5.41) is 13.8. The van der Waals surface area contributed by atoms with Crippen molar-refractivity contribution in [2.75, 3.05) is 18.1 Å². The van der Waals surface area contributed by atoms with Gasteiger partial charge in [0.1, 0.15) is 6.61 Å². The Balaban J connectivity index is 2.38. The van der Waals surface area contributed by atoms with Crippen molar-refractivity contribution in [3.63, 3.8) is 0 Å². The third-order valence-corrected chi connectivity index (χ3v) is 3.82. The number of rotatable bonds is 3. The van der Waals surface area contributed by atoms with Crippen molar-refractivity contribution in [1.82, 2.24) is 5.32 Å². The summed E-state index contributed by atoms with van der Waals surface area (Å²) in [4.78, 5) is 35.5. The molecule has 130 valence electrons. The molecule has 0 radical (unpaired) electrons. The van der Waals surface area contributed by atoms with Crippen molar-refractivity contribution in [2.24, 2.45) is 0 Å². The van der Waals surface area contributed by atoms with Crippen LogP contribution in [0.1, 0.15) is 20.8 Å². The van der Waals surface area contributed by atoms with Gasteiger partial charge in [-0.15, -0.1) is 0 Å². The van der Waals surface area contributed by atoms with Gasteiger partial charge in [-0.05, 0) is 43.4 Å². The monoisotopic (exact) mass is 449 g/mol. The van der Waals surface area contributed by atoms with Crippen LogP contribution in [0.25, 0.3) is 0 Å². The summed E-state index contributed by atoms with van der Waals surface area (Å²) in [6.45, 7) is 5.81. The third-order valence-electron chi connectivity index (χ3n) is 2.96. The van der Waals surface area contributed by atoms with Gasteiger partial charge in [-0.25, -0.2) is 9.59 Å². The Labute approximate surface area is 151 Å². The Hall–Kier alpha value is -2.11. The summed E-state index contributed by atoms with van der Waals surface area (Å²) in [5.41, 5.74) is -0.529. The van der Waals surface area contributed by atoms with Crippen LogP contribution in [-0.4, -0.2) is 35.8 Å². The first-order valence-corrected chi connectivity index (χ1v) is 8.08. The normalized spacial score (nSPS) is 14.3. The molecule has 0 spiro atoms. The van der Waals surface area contributed by atoms with E-state index in [1.807, 2.05) is 22.6 Å². The third kappa shape index (κ3) is 4.24. The largest absolute Gasteiger partial charge is 0.447 e. The van der Waals surface area contributed by atoms with Crippen molar-refractivity contribution in [3.05, 3.63) is 25.8 Å². The van der Waals surface area contributed by atoms with E-state index in [9.17, 15) is 19.7 Å². The van der Waals surface area contributed by atoms with Gasteiger partial charge < -0.3 is 14.8 Å². The Kier molecular flexibility index (Phi) is 5.16. The van der Waals surface area contributed by atoms with E-state index in [0.29, 0.717) is 15.8 Å². The first kappa shape index (κ1) is 18.2. The first-order valence-electron chi connectivity index (χ1n) is 7.01. The second-order valence-corrected chi connectivity index (χ2v) is 7.22. The van der Waals surface area contributed by atoms with Crippen molar-refractivity contribution in [2.45, 2.75) is 26.3 Å². The van der Waals surface area contributed by atoms with Gasteiger partial charge in [0, 0.05) is 21.2 Å². The van der Waals surface area contributed by atoms with Gasteiger partial charge in [-0.3, -0.25) is 15.0 Å². The lowest BCUT2D eigenvalue weighted by atomic mass is 10.1. The van der Waals surface area contributed by atoms with Crippen LogP contribution >= 0.6 is 22.6 Å². The molecule has 0 atom stereocenters. The molecule has 1 saturated heterocycles. The fraction of sp³-hybridized carbons (Fsp3) is 0.429. The van der Waals surface area contributed by atoms with E-state index in [0.717, 1.165) is 0 Å². The number of benzene rings is 1. The van der Waals surface area contributed by atoms with Crippen LogP contribution in [0.4, 0.5) is 21.0 Å². The zero-order valence-corrected chi connectivity index (χ0v) is 15.4. The number of nitro groups is 1. The van der Waals surface area contributed by atoms with Gasteiger partial charge >= 0.3 is 17.9 Å². The van der Waals surface area contributed by atoms with Gasteiger partial charge in [-0.1, -0.05) is 0 Å². The number of ether oxygens (including phenoxy) is 2. The molecule has 0 aromatic heterocycles. The fourth-order valence-corrected chi connectivity index (χ4v) is 2.75. The zero-order valence-electron chi connectivity index (χ0n) is 13.3. The molecular formula is C14H16IN3O6. The van der Waals surface area contributed by atoms with Crippen LogP contribution in [-0.2, 0) is 4.74 Å². The number of amides is 2. The molecule has 2 rings (SSSR count). The molecule has 24 heavy (non-hydrogen) atoms. The highest BCUT2D eigenvalue weighted by Crippen LogP contribution is 2.37. The highest BCUT2D eigenvalue weighted by molar-refractivity contribution is 14.1. The molecule has 1 aliphatic heterocycles. The zero-order chi connectivity index (χ0) is 18.1. The second-order valence-electron chi connectivity index (χ2n) is 6.06. The van der Waals surface area contributed by atoms with Gasteiger partial charge in [0.15, 0.2) is 0 Å². The van der Waals surface area contributed by atoms with E-state index in [4.69, 9.17) is 9.47 Å². The highest BCUT2D eigenvalue weighted by atomic mass is 127. The van der Waals surface area contributed by atoms with Crippen LogP contribution < -0.4 is 15.0 Å². The summed E-state index contributed by atoms with van der Waals surface area (Å²) in [6, 6.07) is 2.55. The predicted molar refractivity (Wildman–Crippen MR) is 93.4 cm³/mol. The van der Waals surface area contributed by atoms with E-state index in [1.54, 1.807) is 20.8 Å². The lowest BCUT2D eigenvalue weighted by Gasteiger charge is -2.20. The van der Waals surface area contributed by atoms with Crippen LogP contribution in [0.2, 0.25) is 0 Å². The van der Waals surface area contributed by atoms with Crippen molar-refractivity contribution in [3.8, 4) is 5.75 Å². The van der Waals surface area contributed by atoms with Crippen LogP contribution in [0, 0.1) is 13.7 Å². The smallest absolute Gasteiger partial charge is 0.414 e. The number of nitro benzene ring substituents is 1. The second kappa shape index (κ2) is 6.79. The molecule has 1 aliphatic rings. The maximum absolute atomic E-state index is 11.9. The minimum atomic E-state index is -0.818. The first-order chi connectivity index (χ1) is 11.1. The molecular weight excluding hydrogens is 433 g/mol. The van der Waals surface area contributed by atoms with E-state index >= 15 is 0 Å². The molecule has 1 aromatic carbocycles. The van der Waals surface area contributed by atoms with Crippen LogP contribution in [0.3, 0.4) is 0 Å². The summed E-state index contributed by atoms with van der Waals surface area (Å²) < 4.78 is 10.4. The standard InChI is InChI=1S/C14H16IN3O6/c1-14(2,3)16-12(19)24-11-7-9(17-4-5-23-13(17)20)8(15)6-10(11)18(21)22/h6-7H,4-5H2,1-3H3,(H,16,19). The number of carbonyl (C=O) groups excluding carboxylic acids is 2. The maximum Gasteiger partial charge on any atom is 0.414 e. The predicted octanol–water partition coefficient (Wildman–Crippen LogP) is 3.04. The van der Waals surface area contributed by atoms with Gasteiger partial charge in [0.05, 0.1) is 17.2 Å². The molecule has 9 nitrogen and oxygen atoms in total. The number of cyclic esters (lactones) is 1. The van der Waals surface area contributed by atoms with E-state index in [-0.39, 0.29) is 18.0 Å². The number of hydrogen-bond acceptors (Lipinski definition) is 6. The number of carbonyl (C=O) groups is 2. The van der Waals surface area contributed by atoms with E-state index in [2.05, 4.69) is 5.32 Å². The molecule has 1 heterocycles. The quantitative estimate of drug-likeness (QED) is 0.432. The molecule has 2 amide bonds. The van der Waals surface area contributed by atoms with Gasteiger partial charge in [0.25, 0.3) is 0 Å². The molecule has 0 bridgehead atoms. The van der Waals surface area contributed by atoms with Gasteiger partial charge in [0.2, 0.25) is 5.75 Å². The SMILES string of the molecule is CC(C)(C)NC(=O)Oc1cc(N2CCOC2=O)c(I)cc1[N+](=O)[O-]. The molecule has 1 aromatic rings. The Morgan fingerprint density at radius 1 is 1.46 bits per heavy atom. The minimum Gasteiger partial charge on any atom is -0.447 e.